The van der Waals surface area contributed by atoms with Crippen LogP contribution in [-0.4, -0.2) is 14.8 Å². The SMILES string of the molecule is Nc1cccc(Br)c1Oc1c([N+](=O)[O-])cc([N+](=O)[O-])cc1[N+](=O)[O-]. The van der Waals surface area contributed by atoms with E-state index >= 15 is 0 Å². The third-order valence-corrected chi connectivity index (χ3v) is 3.46. The van der Waals surface area contributed by atoms with E-state index in [-0.39, 0.29) is 11.4 Å². The molecule has 0 aliphatic carbocycles. The van der Waals surface area contributed by atoms with Crippen molar-refractivity contribution >= 4 is 38.7 Å². The number of hydrogen-bond acceptors (Lipinski definition) is 8. The van der Waals surface area contributed by atoms with Gasteiger partial charge in [-0.05, 0) is 28.1 Å². The quantitative estimate of drug-likeness (QED) is 0.453. The molecule has 0 aliphatic rings. The van der Waals surface area contributed by atoms with Crippen molar-refractivity contribution in [1.29, 1.82) is 0 Å². The average molecular weight is 399 g/mol. The highest BCUT2D eigenvalue weighted by molar-refractivity contribution is 9.10. The number of ether oxygens (including phenoxy) is 1. The normalized spacial score (nSPS) is 10.2. The molecule has 12 heteroatoms. The fourth-order valence-corrected chi connectivity index (χ4v) is 2.26. The van der Waals surface area contributed by atoms with Gasteiger partial charge >= 0.3 is 11.4 Å². The Hall–Kier alpha value is -3.28. The summed E-state index contributed by atoms with van der Waals surface area (Å²) in [7, 11) is 0. The Bertz CT molecular complexity index is 815. The molecule has 2 aromatic rings. The van der Waals surface area contributed by atoms with Crippen molar-refractivity contribution in [3.63, 3.8) is 0 Å². The Kier molecular flexibility index (Phi) is 4.59. The zero-order valence-corrected chi connectivity index (χ0v) is 13.1. The largest absolute Gasteiger partial charge is 0.441 e. The molecule has 2 N–H and O–H groups in total. The maximum Gasteiger partial charge on any atom is 0.325 e. The second-order valence-corrected chi connectivity index (χ2v) is 5.20. The number of rotatable bonds is 5. The number of para-hydroxylation sites is 1. The maximum absolute atomic E-state index is 11.2. The lowest BCUT2D eigenvalue weighted by atomic mass is 10.2. The highest BCUT2D eigenvalue weighted by Crippen LogP contribution is 2.45. The van der Waals surface area contributed by atoms with E-state index in [0.717, 1.165) is 0 Å². The molecule has 0 spiro atoms. The standard InChI is InChI=1S/C12H7BrN4O7/c13-7-2-1-3-8(14)11(7)24-12-9(16(20)21)4-6(15(18)19)5-10(12)17(22)23/h1-5H,14H2. The summed E-state index contributed by atoms with van der Waals surface area (Å²) < 4.78 is 5.58. The van der Waals surface area contributed by atoms with Gasteiger partial charge in [0.05, 0.1) is 37.1 Å². The molecule has 0 aliphatic heterocycles. The lowest BCUT2D eigenvalue weighted by Gasteiger charge is -2.10. The molecular weight excluding hydrogens is 392 g/mol. The van der Waals surface area contributed by atoms with E-state index < -0.39 is 37.6 Å². The van der Waals surface area contributed by atoms with E-state index in [0.29, 0.717) is 16.6 Å². The number of nitrogens with two attached hydrogens (primary N) is 1. The minimum atomic E-state index is -1.01. The van der Waals surface area contributed by atoms with Gasteiger partial charge in [-0.15, -0.1) is 0 Å². The van der Waals surface area contributed by atoms with Crippen molar-refractivity contribution in [2.45, 2.75) is 0 Å². The summed E-state index contributed by atoms with van der Waals surface area (Å²) in [6, 6.07) is 5.65. The van der Waals surface area contributed by atoms with Crippen LogP contribution < -0.4 is 10.5 Å². The maximum atomic E-state index is 11.2. The van der Waals surface area contributed by atoms with E-state index in [1.54, 1.807) is 6.07 Å². The van der Waals surface area contributed by atoms with Crippen LogP contribution in [0.4, 0.5) is 22.7 Å². The van der Waals surface area contributed by atoms with Crippen LogP contribution in [0.1, 0.15) is 0 Å². The lowest BCUT2D eigenvalue weighted by molar-refractivity contribution is -0.404. The first-order valence-electron chi connectivity index (χ1n) is 6.05. The predicted octanol–water partition coefficient (Wildman–Crippen LogP) is 3.55. The molecule has 11 nitrogen and oxygen atoms in total. The first-order chi connectivity index (χ1) is 11.2. The molecule has 2 rings (SSSR count). The van der Waals surface area contributed by atoms with Crippen LogP contribution in [0.25, 0.3) is 0 Å². The highest BCUT2D eigenvalue weighted by atomic mass is 79.9. The molecule has 124 valence electrons. The minimum Gasteiger partial charge on any atom is -0.441 e. The number of nitro groups is 3. The molecule has 0 saturated carbocycles. The highest BCUT2D eigenvalue weighted by Gasteiger charge is 2.33. The summed E-state index contributed by atoms with van der Waals surface area (Å²) in [5.74, 6) is -0.841. The van der Waals surface area contributed by atoms with E-state index in [9.17, 15) is 30.3 Å². The predicted molar refractivity (Wildman–Crippen MR) is 85.0 cm³/mol. The van der Waals surface area contributed by atoms with Crippen molar-refractivity contribution in [3.05, 3.63) is 65.1 Å². The van der Waals surface area contributed by atoms with Crippen molar-refractivity contribution in [2.24, 2.45) is 0 Å². The number of anilines is 1. The Labute approximate surface area is 141 Å². The number of nitrogen functional groups attached to an aromatic ring is 1. The molecule has 2 aromatic carbocycles. The fourth-order valence-electron chi connectivity index (χ4n) is 1.80. The first kappa shape index (κ1) is 17.1. The number of hydrogen-bond donors (Lipinski definition) is 1. The molecule has 0 fully saturated rings. The van der Waals surface area contributed by atoms with Crippen LogP contribution >= 0.6 is 15.9 Å². The molecule has 0 radical (unpaired) electrons. The molecule has 0 amide bonds. The second kappa shape index (κ2) is 6.45. The average Bonchev–Trinajstić information content (AvgIpc) is 2.50. The zero-order valence-electron chi connectivity index (χ0n) is 11.5. The lowest BCUT2D eigenvalue weighted by Crippen LogP contribution is -2.02. The Morgan fingerprint density at radius 3 is 1.88 bits per heavy atom. The smallest absolute Gasteiger partial charge is 0.325 e. The number of halogens is 1. The first-order valence-corrected chi connectivity index (χ1v) is 6.84. The van der Waals surface area contributed by atoms with Gasteiger partial charge in [0.25, 0.3) is 11.4 Å². The van der Waals surface area contributed by atoms with Crippen LogP contribution in [0.5, 0.6) is 11.5 Å². The van der Waals surface area contributed by atoms with Crippen molar-refractivity contribution < 1.29 is 19.5 Å². The van der Waals surface area contributed by atoms with E-state index in [1.807, 2.05) is 0 Å². The van der Waals surface area contributed by atoms with Gasteiger partial charge < -0.3 is 10.5 Å². The molecule has 0 aromatic heterocycles. The summed E-state index contributed by atoms with van der Waals surface area (Å²) in [6.07, 6.45) is 0. The van der Waals surface area contributed by atoms with Crippen molar-refractivity contribution in [3.8, 4) is 11.5 Å². The molecule has 0 atom stereocenters. The molecule has 24 heavy (non-hydrogen) atoms. The molecule has 0 unspecified atom stereocenters. The van der Waals surface area contributed by atoms with Crippen molar-refractivity contribution in [1.82, 2.24) is 0 Å². The number of benzene rings is 2. The Morgan fingerprint density at radius 2 is 1.46 bits per heavy atom. The monoisotopic (exact) mass is 398 g/mol. The Balaban J connectivity index is 2.74. The van der Waals surface area contributed by atoms with Crippen LogP contribution in [0.15, 0.2) is 34.8 Å². The molecule has 0 bridgehead atoms. The van der Waals surface area contributed by atoms with Crippen LogP contribution in [-0.2, 0) is 0 Å². The van der Waals surface area contributed by atoms with Crippen molar-refractivity contribution in [2.75, 3.05) is 5.73 Å². The summed E-state index contributed by atoms with van der Waals surface area (Å²) in [5, 5.41) is 33.2. The second-order valence-electron chi connectivity index (χ2n) is 4.34. The van der Waals surface area contributed by atoms with Crippen LogP contribution in [0.3, 0.4) is 0 Å². The third-order valence-electron chi connectivity index (χ3n) is 2.84. The molecule has 0 heterocycles. The van der Waals surface area contributed by atoms with Crippen LogP contribution in [0.2, 0.25) is 0 Å². The van der Waals surface area contributed by atoms with E-state index in [4.69, 9.17) is 10.5 Å². The summed E-state index contributed by atoms with van der Waals surface area (Å²) >= 11 is 3.11. The molecule has 0 saturated heterocycles. The minimum absolute atomic E-state index is 0.0614. The fraction of sp³-hybridized carbons (Fsp3) is 0. The number of nitrogens with zero attached hydrogens (tertiary/aromatic N) is 3. The topological polar surface area (TPSA) is 165 Å². The van der Waals surface area contributed by atoms with Gasteiger partial charge in [0.15, 0.2) is 5.75 Å². The van der Waals surface area contributed by atoms with Gasteiger partial charge in [-0.2, -0.15) is 0 Å². The zero-order chi connectivity index (χ0) is 18.0. The molecular formula is C12H7BrN4O7. The summed E-state index contributed by atoms with van der Waals surface area (Å²) in [5.41, 5.74) is 3.10. The van der Waals surface area contributed by atoms with E-state index in [1.165, 1.54) is 12.1 Å². The third kappa shape index (κ3) is 3.22. The van der Waals surface area contributed by atoms with Gasteiger partial charge in [-0.1, -0.05) is 6.07 Å². The summed E-state index contributed by atoms with van der Waals surface area (Å²) in [6.45, 7) is 0. The summed E-state index contributed by atoms with van der Waals surface area (Å²) in [4.78, 5) is 30.2. The van der Waals surface area contributed by atoms with E-state index in [2.05, 4.69) is 15.9 Å². The van der Waals surface area contributed by atoms with Gasteiger partial charge in [0.1, 0.15) is 0 Å². The Morgan fingerprint density at radius 1 is 0.917 bits per heavy atom. The van der Waals surface area contributed by atoms with Gasteiger partial charge in [-0.25, -0.2) is 0 Å². The van der Waals surface area contributed by atoms with Crippen LogP contribution in [0, 0.1) is 30.3 Å². The number of non-ortho nitro benzene ring substituents is 1. The van der Waals surface area contributed by atoms with Gasteiger partial charge in [-0.3, -0.25) is 30.3 Å². The number of nitro benzene ring substituents is 3. The van der Waals surface area contributed by atoms with Gasteiger partial charge in [0, 0.05) is 0 Å². The van der Waals surface area contributed by atoms with Gasteiger partial charge in [0.2, 0.25) is 0 Å².